The van der Waals surface area contributed by atoms with E-state index in [2.05, 4.69) is 193 Å². The number of furan rings is 1. The second-order valence-electron chi connectivity index (χ2n) is 14.1. The Balaban J connectivity index is 1.06. The summed E-state index contributed by atoms with van der Waals surface area (Å²) in [6.45, 7) is 0. The van der Waals surface area contributed by atoms with Crippen molar-refractivity contribution in [2.45, 2.75) is 0 Å². The lowest BCUT2D eigenvalue weighted by atomic mass is 9.97. The highest BCUT2D eigenvalue weighted by molar-refractivity contribution is 7.25. The number of fused-ring (bicyclic) bond motifs is 7. The molecule has 0 aliphatic rings. The smallest absolute Gasteiger partial charge is 0.136 e. The molecule has 0 bridgehead atoms. The number of rotatable bonds is 6. The zero-order chi connectivity index (χ0) is 36.3. The van der Waals surface area contributed by atoms with Crippen LogP contribution in [-0.2, 0) is 0 Å². The monoisotopic (exact) mass is 719 g/mol. The molecule has 0 saturated heterocycles. The van der Waals surface area contributed by atoms with Crippen LogP contribution >= 0.6 is 11.3 Å². The van der Waals surface area contributed by atoms with Crippen LogP contribution < -0.4 is 4.90 Å². The minimum Gasteiger partial charge on any atom is -0.456 e. The van der Waals surface area contributed by atoms with E-state index < -0.39 is 0 Å². The quantitative estimate of drug-likeness (QED) is 0.170. The number of nitrogens with zero attached hydrogens (tertiary/aromatic N) is 1. The number of anilines is 3. The van der Waals surface area contributed by atoms with Gasteiger partial charge in [0.05, 0.1) is 5.69 Å². The van der Waals surface area contributed by atoms with E-state index in [9.17, 15) is 0 Å². The third-order valence-electron chi connectivity index (χ3n) is 10.9. The predicted octanol–water partition coefficient (Wildman–Crippen LogP) is 15.6. The highest BCUT2D eigenvalue weighted by Gasteiger charge is 2.19. The van der Waals surface area contributed by atoms with Crippen molar-refractivity contribution in [3.8, 4) is 33.4 Å². The first-order valence-electron chi connectivity index (χ1n) is 18.7. The second-order valence-corrected chi connectivity index (χ2v) is 15.1. The Hall–Kier alpha value is -6.94. The molecular formula is C52H33NOS. The Morgan fingerprint density at radius 2 is 0.927 bits per heavy atom. The molecule has 3 heteroatoms. The van der Waals surface area contributed by atoms with Crippen LogP contribution in [0.25, 0.3) is 86.3 Å². The molecule has 0 unspecified atom stereocenters. The molecule has 2 heterocycles. The number of benzene rings is 9. The fourth-order valence-corrected chi connectivity index (χ4v) is 9.45. The summed E-state index contributed by atoms with van der Waals surface area (Å²) in [7, 11) is 0. The van der Waals surface area contributed by atoms with Crippen molar-refractivity contribution in [2.75, 3.05) is 4.90 Å². The lowest BCUT2D eigenvalue weighted by molar-refractivity contribution is 0.669. The van der Waals surface area contributed by atoms with Crippen LogP contribution in [0.3, 0.4) is 0 Å². The van der Waals surface area contributed by atoms with Gasteiger partial charge in [-0.3, -0.25) is 0 Å². The van der Waals surface area contributed by atoms with E-state index >= 15 is 0 Å². The van der Waals surface area contributed by atoms with Gasteiger partial charge in [-0.05, 0) is 93.2 Å². The van der Waals surface area contributed by atoms with Crippen LogP contribution in [0.4, 0.5) is 17.1 Å². The maximum Gasteiger partial charge on any atom is 0.136 e. The number of para-hydroxylation sites is 2. The van der Waals surface area contributed by atoms with Gasteiger partial charge in [0.1, 0.15) is 11.2 Å². The number of hydrogen-bond donors (Lipinski definition) is 0. The summed E-state index contributed by atoms with van der Waals surface area (Å²) in [5, 5.41) is 7.40. The molecule has 0 atom stereocenters. The zero-order valence-corrected chi connectivity index (χ0v) is 30.6. The standard InChI is InChI=1S/C52H33NOS/c1-2-13-40-34(11-1)12-9-17-41(40)35-23-28-38(29-24-35)53(39-30-25-36(26-31-39)43-18-10-21-49-52(43)46-16-4-7-20-48(46)54-49)47-19-6-3-14-42(47)37-27-32-45-44-15-5-8-22-50(44)55-51(45)33-37/h1-33H. The van der Waals surface area contributed by atoms with Gasteiger partial charge in [-0.25, -0.2) is 0 Å². The van der Waals surface area contributed by atoms with Crippen molar-refractivity contribution in [1.29, 1.82) is 0 Å². The summed E-state index contributed by atoms with van der Waals surface area (Å²) in [5.41, 5.74) is 12.2. The van der Waals surface area contributed by atoms with Gasteiger partial charge in [-0.15, -0.1) is 11.3 Å². The van der Waals surface area contributed by atoms with Gasteiger partial charge in [0.2, 0.25) is 0 Å². The maximum atomic E-state index is 6.25. The molecule has 2 nitrogen and oxygen atoms in total. The molecule has 0 N–H and O–H groups in total. The molecule has 0 aliphatic heterocycles. The minimum absolute atomic E-state index is 0.903. The normalized spacial score (nSPS) is 11.6. The van der Waals surface area contributed by atoms with Crippen molar-refractivity contribution >= 4 is 81.3 Å². The summed E-state index contributed by atoms with van der Waals surface area (Å²) >= 11 is 1.86. The van der Waals surface area contributed by atoms with E-state index in [1.54, 1.807) is 0 Å². The Bertz CT molecular complexity index is 3200. The van der Waals surface area contributed by atoms with Crippen LogP contribution in [0.5, 0.6) is 0 Å². The Labute approximate surface area is 322 Å². The topological polar surface area (TPSA) is 16.4 Å². The summed E-state index contributed by atoms with van der Waals surface area (Å²) < 4.78 is 8.86. The van der Waals surface area contributed by atoms with E-state index in [0.717, 1.165) is 50.1 Å². The van der Waals surface area contributed by atoms with Crippen molar-refractivity contribution in [3.05, 3.63) is 200 Å². The molecule has 0 amide bonds. The third-order valence-corrected chi connectivity index (χ3v) is 12.0. The van der Waals surface area contributed by atoms with Crippen molar-refractivity contribution < 1.29 is 4.42 Å². The summed E-state index contributed by atoms with van der Waals surface area (Å²) in [5.74, 6) is 0. The van der Waals surface area contributed by atoms with Gasteiger partial charge in [0.25, 0.3) is 0 Å². The van der Waals surface area contributed by atoms with Gasteiger partial charge < -0.3 is 9.32 Å². The number of hydrogen-bond acceptors (Lipinski definition) is 3. The average Bonchev–Trinajstić information content (AvgIpc) is 3.83. The molecular weight excluding hydrogens is 687 g/mol. The zero-order valence-electron chi connectivity index (χ0n) is 29.8. The van der Waals surface area contributed by atoms with Crippen LogP contribution in [0.15, 0.2) is 205 Å². The first kappa shape index (κ1) is 31.6. The van der Waals surface area contributed by atoms with E-state index in [1.807, 2.05) is 23.5 Å². The summed E-state index contributed by atoms with van der Waals surface area (Å²) in [4.78, 5) is 2.40. The lowest BCUT2D eigenvalue weighted by Gasteiger charge is -2.28. The number of thiophene rings is 1. The molecule has 0 radical (unpaired) electrons. The summed E-state index contributed by atoms with van der Waals surface area (Å²) in [6, 6.07) is 72.3. The second kappa shape index (κ2) is 12.9. The van der Waals surface area contributed by atoms with E-state index in [4.69, 9.17) is 4.42 Å². The average molecular weight is 720 g/mol. The largest absolute Gasteiger partial charge is 0.456 e. The molecule has 11 aromatic rings. The highest BCUT2D eigenvalue weighted by atomic mass is 32.1. The van der Waals surface area contributed by atoms with Crippen LogP contribution in [0.1, 0.15) is 0 Å². The molecule has 0 spiro atoms. The Morgan fingerprint density at radius 3 is 1.76 bits per heavy atom. The molecule has 2 aromatic heterocycles. The van der Waals surface area contributed by atoms with Gasteiger partial charge in [0.15, 0.2) is 0 Å². The summed E-state index contributed by atoms with van der Waals surface area (Å²) in [6.07, 6.45) is 0. The molecule has 0 aliphatic carbocycles. The van der Waals surface area contributed by atoms with Crippen molar-refractivity contribution in [1.82, 2.24) is 0 Å². The van der Waals surface area contributed by atoms with E-state index in [-0.39, 0.29) is 0 Å². The molecule has 11 rings (SSSR count). The fourth-order valence-electron chi connectivity index (χ4n) is 8.31. The van der Waals surface area contributed by atoms with Crippen LogP contribution in [0.2, 0.25) is 0 Å². The van der Waals surface area contributed by atoms with Gasteiger partial charge in [-0.2, -0.15) is 0 Å². The van der Waals surface area contributed by atoms with Crippen molar-refractivity contribution in [2.24, 2.45) is 0 Å². The first-order chi connectivity index (χ1) is 27.3. The molecule has 258 valence electrons. The minimum atomic E-state index is 0.903. The van der Waals surface area contributed by atoms with Crippen LogP contribution in [0, 0.1) is 0 Å². The Morgan fingerprint density at radius 1 is 0.364 bits per heavy atom. The molecule has 9 aromatic carbocycles. The molecule has 0 fully saturated rings. The van der Waals surface area contributed by atoms with E-state index in [0.29, 0.717) is 0 Å². The SMILES string of the molecule is c1ccc(N(c2ccc(-c3cccc4ccccc34)cc2)c2ccc(-c3cccc4oc5ccccc5c34)cc2)c(-c2ccc3c(c2)sc2ccccc23)c1. The first-order valence-corrected chi connectivity index (χ1v) is 19.5. The molecule has 55 heavy (non-hydrogen) atoms. The fraction of sp³-hybridized carbons (Fsp3) is 0. The van der Waals surface area contributed by atoms with Gasteiger partial charge in [0, 0.05) is 47.9 Å². The third kappa shape index (κ3) is 5.32. The van der Waals surface area contributed by atoms with Crippen molar-refractivity contribution in [3.63, 3.8) is 0 Å². The maximum absolute atomic E-state index is 6.25. The van der Waals surface area contributed by atoms with Gasteiger partial charge >= 0.3 is 0 Å². The highest BCUT2D eigenvalue weighted by Crippen LogP contribution is 2.45. The van der Waals surface area contributed by atoms with Crippen LogP contribution in [-0.4, -0.2) is 0 Å². The van der Waals surface area contributed by atoms with Gasteiger partial charge in [-0.1, -0.05) is 146 Å². The Kier molecular flexibility index (Phi) is 7.39. The van der Waals surface area contributed by atoms with E-state index in [1.165, 1.54) is 53.2 Å². The predicted molar refractivity (Wildman–Crippen MR) is 235 cm³/mol. The lowest BCUT2D eigenvalue weighted by Crippen LogP contribution is -2.11. The molecule has 0 saturated carbocycles.